The molecule has 3 fully saturated rings. The van der Waals surface area contributed by atoms with Crippen molar-refractivity contribution >= 4 is 5.91 Å². The quantitative estimate of drug-likeness (QED) is 0.562. The van der Waals surface area contributed by atoms with Gasteiger partial charge in [0, 0.05) is 24.7 Å². The lowest BCUT2D eigenvalue weighted by atomic mass is 9.75. The molecule has 2 bridgehead atoms. The van der Waals surface area contributed by atoms with Crippen LogP contribution in [0.1, 0.15) is 18.4 Å². The van der Waals surface area contributed by atoms with Gasteiger partial charge in [-0.2, -0.15) is 0 Å². The van der Waals surface area contributed by atoms with Gasteiger partial charge < -0.3 is 19.5 Å². The van der Waals surface area contributed by atoms with Crippen LogP contribution in [0.2, 0.25) is 0 Å². The number of nitrogens with zero attached hydrogens (tertiary/aromatic N) is 4. The number of nitrogens with one attached hydrogen (secondary N) is 1. The largest absolute Gasteiger partial charge is 0.497 e. The number of fused-ring (bicyclic) bond motifs is 4. The third-order valence-electron chi connectivity index (χ3n) is 7.44. The second-order valence-electron chi connectivity index (χ2n) is 9.50. The van der Waals surface area contributed by atoms with Gasteiger partial charge in [-0.25, -0.2) is 0 Å². The summed E-state index contributed by atoms with van der Waals surface area (Å²) >= 11 is 0. The smallest absolute Gasteiger partial charge is 0.231 e. The number of hydrogen-bond acceptors (Lipinski definition) is 7. The van der Waals surface area contributed by atoms with Crippen LogP contribution < -0.4 is 19.5 Å². The van der Waals surface area contributed by atoms with E-state index in [1.807, 2.05) is 53.3 Å². The van der Waals surface area contributed by atoms with Gasteiger partial charge in [-0.3, -0.25) is 14.4 Å². The van der Waals surface area contributed by atoms with Gasteiger partial charge in [0.2, 0.25) is 12.7 Å². The first-order valence-corrected chi connectivity index (χ1v) is 12.1. The highest BCUT2D eigenvalue weighted by Gasteiger charge is 2.43. The normalized spacial score (nSPS) is 24.4. The van der Waals surface area contributed by atoms with Crippen LogP contribution in [0.25, 0.3) is 11.3 Å². The third kappa shape index (κ3) is 4.43. The first-order chi connectivity index (χ1) is 17.2. The molecule has 4 aliphatic rings. The Morgan fingerprint density at radius 3 is 2.83 bits per heavy atom. The summed E-state index contributed by atoms with van der Waals surface area (Å²) in [6, 6.07) is 14.0. The van der Waals surface area contributed by atoms with E-state index in [4.69, 9.17) is 14.2 Å². The van der Waals surface area contributed by atoms with E-state index in [2.05, 4.69) is 20.5 Å². The van der Waals surface area contributed by atoms with Gasteiger partial charge in [0.05, 0.1) is 25.8 Å². The van der Waals surface area contributed by atoms with Gasteiger partial charge in [0.1, 0.15) is 11.4 Å². The molecule has 3 saturated heterocycles. The maximum absolute atomic E-state index is 13.0. The molecule has 1 N–H and O–H groups in total. The summed E-state index contributed by atoms with van der Waals surface area (Å²) in [5, 5.41) is 11.9. The van der Waals surface area contributed by atoms with Crippen molar-refractivity contribution in [3.8, 4) is 28.5 Å². The summed E-state index contributed by atoms with van der Waals surface area (Å²) < 4.78 is 18.0. The fraction of sp³-hybridized carbons (Fsp3) is 0.423. The fourth-order valence-corrected chi connectivity index (χ4v) is 5.49. The molecule has 0 spiro atoms. The maximum Gasteiger partial charge on any atom is 0.231 e. The van der Waals surface area contributed by atoms with Crippen molar-refractivity contribution in [2.75, 3.05) is 27.0 Å². The van der Waals surface area contributed by atoms with E-state index in [1.165, 1.54) is 0 Å². The summed E-state index contributed by atoms with van der Waals surface area (Å²) in [5.74, 6) is 2.88. The van der Waals surface area contributed by atoms with Crippen molar-refractivity contribution in [1.29, 1.82) is 0 Å². The topological polar surface area (TPSA) is 90.7 Å². The van der Waals surface area contributed by atoms with Crippen molar-refractivity contribution in [3.05, 3.63) is 54.2 Å². The van der Waals surface area contributed by atoms with Crippen LogP contribution in [0, 0.1) is 11.8 Å². The Kier molecular flexibility index (Phi) is 5.77. The van der Waals surface area contributed by atoms with E-state index >= 15 is 0 Å². The molecule has 1 aromatic heterocycles. The first-order valence-electron chi connectivity index (χ1n) is 12.1. The summed E-state index contributed by atoms with van der Waals surface area (Å²) in [6.45, 7) is 3.35. The van der Waals surface area contributed by atoms with Crippen molar-refractivity contribution in [2.45, 2.75) is 32.0 Å². The molecule has 1 amide bonds. The molecule has 7 rings (SSSR count). The van der Waals surface area contributed by atoms with E-state index in [1.54, 1.807) is 7.11 Å². The molecule has 9 nitrogen and oxygen atoms in total. The summed E-state index contributed by atoms with van der Waals surface area (Å²) in [5.41, 5.74) is 2.88. The number of aromatic nitrogens is 3. The zero-order valence-corrected chi connectivity index (χ0v) is 19.7. The molecular weight excluding hydrogens is 446 g/mol. The lowest BCUT2D eigenvalue weighted by molar-refractivity contribution is -0.133. The lowest BCUT2D eigenvalue weighted by Crippen LogP contribution is -2.57. The number of hydrogen-bond donors (Lipinski definition) is 1. The van der Waals surface area contributed by atoms with Crippen LogP contribution in [-0.2, 0) is 17.9 Å². The SMILES string of the molecule is COc1ccc(-c2cn(C[C@H]3C[C@H]4CCN3C[C@@H]4C(=O)NCc3ccc4c(c3)OCO4)nn2)cc1. The maximum atomic E-state index is 13.0. The highest BCUT2D eigenvalue weighted by atomic mass is 16.7. The predicted molar refractivity (Wildman–Crippen MR) is 128 cm³/mol. The summed E-state index contributed by atoms with van der Waals surface area (Å²) in [7, 11) is 1.66. The second-order valence-corrected chi connectivity index (χ2v) is 9.50. The number of rotatable bonds is 7. The summed E-state index contributed by atoms with van der Waals surface area (Å²) in [6.07, 6.45) is 4.06. The molecule has 4 aliphatic heterocycles. The van der Waals surface area contributed by atoms with Crippen molar-refractivity contribution in [3.63, 3.8) is 0 Å². The molecule has 1 unspecified atom stereocenters. The third-order valence-corrected chi connectivity index (χ3v) is 7.44. The van der Waals surface area contributed by atoms with Crippen LogP contribution in [0.3, 0.4) is 0 Å². The minimum absolute atomic E-state index is 0.0274. The zero-order chi connectivity index (χ0) is 23.8. The minimum Gasteiger partial charge on any atom is -0.497 e. The highest BCUT2D eigenvalue weighted by molar-refractivity contribution is 5.79. The molecule has 5 heterocycles. The van der Waals surface area contributed by atoms with Gasteiger partial charge >= 0.3 is 0 Å². The van der Waals surface area contributed by atoms with Crippen molar-refractivity contribution < 1.29 is 19.0 Å². The van der Waals surface area contributed by atoms with Crippen LogP contribution in [0.15, 0.2) is 48.7 Å². The molecule has 35 heavy (non-hydrogen) atoms. The second kappa shape index (κ2) is 9.22. The number of amides is 1. The van der Waals surface area contributed by atoms with E-state index in [0.29, 0.717) is 18.5 Å². The number of carbonyl (C=O) groups excluding carboxylic acids is 1. The zero-order valence-electron chi connectivity index (χ0n) is 19.7. The molecule has 9 heteroatoms. The minimum atomic E-state index is 0.0274. The molecule has 182 valence electrons. The van der Waals surface area contributed by atoms with Gasteiger partial charge in [-0.15, -0.1) is 5.10 Å². The molecule has 2 aromatic carbocycles. The average Bonchev–Trinajstić information content (AvgIpc) is 3.57. The molecular formula is C26H29N5O4. The first kappa shape index (κ1) is 21.9. The number of ether oxygens (including phenoxy) is 3. The average molecular weight is 476 g/mol. The Labute approximate surface area is 204 Å². The Balaban J connectivity index is 1.05. The highest BCUT2D eigenvalue weighted by Crippen LogP contribution is 2.37. The van der Waals surface area contributed by atoms with Gasteiger partial charge in [-0.05, 0) is 67.3 Å². The molecule has 0 saturated carbocycles. The molecule has 0 aliphatic carbocycles. The van der Waals surface area contributed by atoms with Crippen LogP contribution in [0.5, 0.6) is 17.2 Å². The Morgan fingerprint density at radius 2 is 2.03 bits per heavy atom. The van der Waals surface area contributed by atoms with Crippen LogP contribution >= 0.6 is 0 Å². The van der Waals surface area contributed by atoms with Gasteiger partial charge in [-0.1, -0.05) is 11.3 Å². The van der Waals surface area contributed by atoms with Crippen molar-refractivity contribution in [2.24, 2.45) is 11.8 Å². The fourth-order valence-electron chi connectivity index (χ4n) is 5.49. The predicted octanol–water partition coefficient (Wildman–Crippen LogP) is 2.71. The van der Waals surface area contributed by atoms with Crippen LogP contribution in [0.4, 0.5) is 0 Å². The number of piperidine rings is 3. The number of carbonyl (C=O) groups is 1. The molecule has 3 aromatic rings. The lowest BCUT2D eigenvalue weighted by Gasteiger charge is -2.49. The Hall–Kier alpha value is -3.59. The van der Waals surface area contributed by atoms with E-state index < -0.39 is 0 Å². The molecule has 4 atom stereocenters. The number of benzene rings is 2. The van der Waals surface area contributed by atoms with Gasteiger partial charge in [0.15, 0.2) is 11.5 Å². The summed E-state index contributed by atoms with van der Waals surface area (Å²) in [4.78, 5) is 15.5. The van der Waals surface area contributed by atoms with Gasteiger partial charge in [0.25, 0.3) is 0 Å². The van der Waals surface area contributed by atoms with Crippen molar-refractivity contribution in [1.82, 2.24) is 25.2 Å². The standard InChI is InChI=1S/C26H29N5O4/c1-33-21-5-3-18(4-6-21)23-15-31(29-28-23)13-20-11-19-8-9-30(20)14-22(19)26(32)27-12-17-2-7-24-25(10-17)35-16-34-24/h2-7,10,15,19-20,22H,8-9,11-14,16H2,1H3,(H,27,32)/t19-,20-,22+/m1/s1. The molecule has 0 radical (unpaired) electrons. The van der Waals surface area contributed by atoms with E-state index in [-0.39, 0.29) is 18.6 Å². The van der Waals surface area contributed by atoms with E-state index in [0.717, 1.165) is 66.5 Å². The van der Waals surface area contributed by atoms with Crippen LogP contribution in [-0.4, -0.2) is 58.8 Å². The Bertz CT molecular complexity index is 1210. The number of methoxy groups -OCH3 is 1. The Morgan fingerprint density at radius 1 is 1.17 bits per heavy atom. The van der Waals surface area contributed by atoms with E-state index in [9.17, 15) is 4.79 Å². The monoisotopic (exact) mass is 475 g/mol.